The summed E-state index contributed by atoms with van der Waals surface area (Å²) < 4.78 is 0. The highest BCUT2D eigenvalue weighted by Crippen LogP contribution is 2.15. The van der Waals surface area contributed by atoms with Gasteiger partial charge in [-0.1, -0.05) is 6.07 Å². The molecule has 1 aromatic carbocycles. The van der Waals surface area contributed by atoms with Crippen molar-refractivity contribution < 1.29 is 9.59 Å². The molecule has 1 saturated heterocycles. The van der Waals surface area contributed by atoms with Crippen LogP contribution in [0, 0.1) is 0 Å². The minimum absolute atomic E-state index is 0.0150. The van der Waals surface area contributed by atoms with Gasteiger partial charge in [-0.2, -0.15) is 0 Å². The molecule has 0 aromatic heterocycles. The maximum atomic E-state index is 12.4. The number of carbonyl (C=O) groups is 2. The van der Waals surface area contributed by atoms with Gasteiger partial charge in [0.15, 0.2) is 0 Å². The average Bonchev–Trinajstić information content (AvgIpc) is 2.38. The summed E-state index contributed by atoms with van der Waals surface area (Å²) in [4.78, 5) is 25.3. The molecule has 5 nitrogen and oxygen atoms in total. The fraction of sp³-hybridized carbons (Fsp3) is 0.429. The van der Waals surface area contributed by atoms with E-state index in [1.807, 2.05) is 11.8 Å². The topological polar surface area (TPSA) is 61.4 Å². The molecule has 0 saturated carbocycles. The Morgan fingerprint density at radius 3 is 2.89 bits per heavy atom. The van der Waals surface area contributed by atoms with E-state index in [1.165, 1.54) is 6.92 Å². The van der Waals surface area contributed by atoms with Gasteiger partial charge in [0.05, 0.1) is 0 Å². The number of hydrogen-bond donors (Lipinski definition) is 2. The summed E-state index contributed by atoms with van der Waals surface area (Å²) in [6, 6.07) is 7.25. The summed E-state index contributed by atoms with van der Waals surface area (Å²) in [5, 5.41) is 5.95. The molecule has 102 valence electrons. The Hall–Kier alpha value is -1.88. The smallest absolute Gasteiger partial charge is 0.254 e. The van der Waals surface area contributed by atoms with E-state index in [0.717, 1.165) is 13.1 Å². The zero-order chi connectivity index (χ0) is 13.8. The molecule has 1 aliphatic rings. The van der Waals surface area contributed by atoms with E-state index in [-0.39, 0.29) is 17.9 Å². The molecule has 2 rings (SSSR count). The zero-order valence-corrected chi connectivity index (χ0v) is 11.3. The van der Waals surface area contributed by atoms with Crippen LogP contribution in [-0.2, 0) is 4.79 Å². The lowest BCUT2D eigenvalue weighted by Gasteiger charge is -2.34. The Morgan fingerprint density at radius 1 is 1.42 bits per heavy atom. The van der Waals surface area contributed by atoms with Gasteiger partial charge >= 0.3 is 0 Å². The molecule has 0 spiro atoms. The molecule has 0 aliphatic carbocycles. The number of piperazine rings is 1. The minimum atomic E-state index is -0.139. The molecule has 2 N–H and O–H groups in total. The summed E-state index contributed by atoms with van der Waals surface area (Å²) >= 11 is 0. The van der Waals surface area contributed by atoms with Crippen molar-refractivity contribution in [3.05, 3.63) is 29.8 Å². The van der Waals surface area contributed by atoms with Crippen LogP contribution in [-0.4, -0.2) is 42.4 Å². The number of hydrogen-bond acceptors (Lipinski definition) is 3. The Kier molecular flexibility index (Phi) is 4.16. The molecule has 1 heterocycles. The number of benzene rings is 1. The standard InChI is InChI=1S/C14H19N3O2/c1-10-9-15-6-7-17(10)14(19)12-4-3-5-13(8-12)16-11(2)18/h3-5,8,10,15H,6-7,9H2,1-2H3,(H,16,18). The third kappa shape index (κ3) is 3.32. The van der Waals surface area contributed by atoms with Crippen molar-refractivity contribution in [1.29, 1.82) is 0 Å². The van der Waals surface area contributed by atoms with Crippen molar-refractivity contribution in [2.75, 3.05) is 25.0 Å². The molecule has 1 aliphatic heterocycles. The summed E-state index contributed by atoms with van der Waals surface area (Å²) in [6.45, 7) is 5.83. The first-order valence-corrected chi connectivity index (χ1v) is 6.47. The molecule has 1 unspecified atom stereocenters. The molecule has 1 atom stereocenters. The largest absolute Gasteiger partial charge is 0.333 e. The van der Waals surface area contributed by atoms with Gasteiger partial charge in [0, 0.05) is 43.9 Å². The SMILES string of the molecule is CC(=O)Nc1cccc(C(=O)N2CCNCC2C)c1. The van der Waals surface area contributed by atoms with Crippen LogP contribution in [0.3, 0.4) is 0 Å². The predicted octanol–water partition coefficient (Wildman–Crippen LogP) is 1.08. The molecule has 2 amide bonds. The molecule has 5 heteroatoms. The van der Waals surface area contributed by atoms with Gasteiger partial charge in [-0.25, -0.2) is 0 Å². The first-order valence-electron chi connectivity index (χ1n) is 6.47. The number of rotatable bonds is 2. The first-order chi connectivity index (χ1) is 9.08. The highest BCUT2D eigenvalue weighted by Gasteiger charge is 2.23. The monoisotopic (exact) mass is 261 g/mol. The highest BCUT2D eigenvalue weighted by atomic mass is 16.2. The van der Waals surface area contributed by atoms with Crippen LogP contribution in [0.5, 0.6) is 0 Å². The van der Waals surface area contributed by atoms with Crippen molar-refractivity contribution in [2.45, 2.75) is 19.9 Å². The maximum absolute atomic E-state index is 12.4. The summed E-state index contributed by atoms with van der Waals surface area (Å²) in [5.74, 6) is -0.124. The Balaban J connectivity index is 2.16. The van der Waals surface area contributed by atoms with Crippen LogP contribution >= 0.6 is 0 Å². The van der Waals surface area contributed by atoms with Crippen molar-refractivity contribution in [3.8, 4) is 0 Å². The maximum Gasteiger partial charge on any atom is 0.254 e. The number of nitrogens with one attached hydrogen (secondary N) is 2. The lowest BCUT2D eigenvalue weighted by Crippen LogP contribution is -2.52. The van der Waals surface area contributed by atoms with Crippen LogP contribution in [0.4, 0.5) is 5.69 Å². The van der Waals surface area contributed by atoms with Gasteiger partial charge in [0.1, 0.15) is 0 Å². The van der Waals surface area contributed by atoms with Crippen LogP contribution in [0.2, 0.25) is 0 Å². The Bertz CT molecular complexity index is 487. The van der Waals surface area contributed by atoms with Gasteiger partial charge in [-0.05, 0) is 25.1 Å². The quantitative estimate of drug-likeness (QED) is 0.837. The normalized spacial score (nSPS) is 19.1. The zero-order valence-electron chi connectivity index (χ0n) is 11.3. The summed E-state index contributed by atoms with van der Waals surface area (Å²) in [7, 11) is 0. The second-order valence-corrected chi connectivity index (χ2v) is 4.81. The number of carbonyl (C=O) groups excluding carboxylic acids is 2. The average molecular weight is 261 g/mol. The van der Waals surface area contributed by atoms with Crippen molar-refractivity contribution >= 4 is 17.5 Å². The lowest BCUT2D eigenvalue weighted by atomic mass is 10.1. The second kappa shape index (κ2) is 5.84. The fourth-order valence-corrected chi connectivity index (χ4v) is 2.24. The van der Waals surface area contributed by atoms with E-state index >= 15 is 0 Å². The Labute approximate surface area is 113 Å². The van der Waals surface area contributed by atoms with Crippen LogP contribution in [0.1, 0.15) is 24.2 Å². The van der Waals surface area contributed by atoms with Crippen LogP contribution < -0.4 is 10.6 Å². The van der Waals surface area contributed by atoms with Gasteiger partial charge in [0.2, 0.25) is 5.91 Å². The molecule has 0 radical (unpaired) electrons. The van der Waals surface area contributed by atoms with Gasteiger partial charge in [-0.3, -0.25) is 9.59 Å². The number of amides is 2. The van der Waals surface area contributed by atoms with Crippen molar-refractivity contribution in [1.82, 2.24) is 10.2 Å². The van der Waals surface area contributed by atoms with Crippen LogP contribution in [0.15, 0.2) is 24.3 Å². The van der Waals surface area contributed by atoms with E-state index in [2.05, 4.69) is 10.6 Å². The molecular weight excluding hydrogens is 242 g/mol. The molecule has 1 fully saturated rings. The van der Waals surface area contributed by atoms with Crippen molar-refractivity contribution in [3.63, 3.8) is 0 Å². The van der Waals surface area contributed by atoms with Crippen molar-refractivity contribution in [2.24, 2.45) is 0 Å². The molecule has 0 bridgehead atoms. The third-order valence-electron chi connectivity index (χ3n) is 3.19. The number of anilines is 1. The third-order valence-corrected chi connectivity index (χ3v) is 3.19. The van der Waals surface area contributed by atoms with Gasteiger partial charge < -0.3 is 15.5 Å². The molecule has 1 aromatic rings. The fourth-order valence-electron chi connectivity index (χ4n) is 2.24. The Morgan fingerprint density at radius 2 is 2.21 bits per heavy atom. The minimum Gasteiger partial charge on any atom is -0.333 e. The second-order valence-electron chi connectivity index (χ2n) is 4.81. The molecular formula is C14H19N3O2. The summed E-state index contributed by atoms with van der Waals surface area (Å²) in [5.41, 5.74) is 1.26. The number of nitrogens with zero attached hydrogens (tertiary/aromatic N) is 1. The predicted molar refractivity (Wildman–Crippen MR) is 74.1 cm³/mol. The first kappa shape index (κ1) is 13.5. The van der Waals surface area contributed by atoms with E-state index in [4.69, 9.17) is 0 Å². The van der Waals surface area contributed by atoms with Gasteiger partial charge in [-0.15, -0.1) is 0 Å². The van der Waals surface area contributed by atoms with Crippen LogP contribution in [0.25, 0.3) is 0 Å². The lowest BCUT2D eigenvalue weighted by molar-refractivity contribution is -0.114. The van der Waals surface area contributed by atoms with E-state index in [9.17, 15) is 9.59 Å². The molecule has 19 heavy (non-hydrogen) atoms. The van der Waals surface area contributed by atoms with E-state index in [1.54, 1.807) is 24.3 Å². The van der Waals surface area contributed by atoms with E-state index < -0.39 is 0 Å². The van der Waals surface area contributed by atoms with Gasteiger partial charge in [0.25, 0.3) is 5.91 Å². The highest BCUT2D eigenvalue weighted by molar-refractivity contribution is 5.97. The summed E-state index contributed by atoms with van der Waals surface area (Å²) in [6.07, 6.45) is 0. The van der Waals surface area contributed by atoms with E-state index in [0.29, 0.717) is 17.8 Å².